The number of nitrogens with zero attached hydrogens (tertiary/aromatic N) is 1. The second kappa shape index (κ2) is 7.94. The second-order valence-corrected chi connectivity index (χ2v) is 10.7. The fourth-order valence-corrected chi connectivity index (χ4v) is 5.92. The number of phosphoric ester groups is 1. The number of aliphatic hydroxyl groups excluding tert-OH is 2. The van der Waals surface area contributed by atoms with Gasteiger partial charge in [0, 0.05) is 17.8 Å². The predicted molar refractivity (Wildman–Crippen MR) is 125 cm³/mol. The number of benzene rings is 1. The number of H-pyrrole nitrogens is 1. The van der Waals surface area contributed by atoms with Gasteiger partial charge < -0.3 is 19.5 Å². The summed E-state index contributed by atoms with van der Waals surface area (Å²) in [5, 5.41) is 19.1. The molecule has 1 aromatic heterocycles. The van der Waals surface area contributed by atoms with Crippen molar-refractivity contribution in [1.29, 1.82) is 0 Å². The van der Waals surface area contributed by atoms with Crippen LogP contribution in [0.3, 0.4) is 0 Å². The van der Waals surface area contributed by atoms with Crippen LogP contribution in [0.15, 0.2) is 34.0 Å². The van der Waals surface area contributed by atoms with Gasteiger partial charge in [0.1, 0.15) is 39.3 Å². The van der Waals surface area contributed by atoms with Crippen LogP contribution in [-0.4, -0.2) is 66.8 Å². The lowest BCUT2D eigenvalue weighted by molar-refractivity contribution is -0.240. The Labute approximate surface area is 196 Å². The number of hydrogen-bond acceptors (Lipinski definition) is 9. The number of phosphoric acid groups is 1. The molecule has 16 heteroatoms. The summed E-state index contributed by atoms with van der Waals surface area (Å²) >= 11 is 0. The summed E-state index contributed by atoms with van der Waals surface area (Å²) in [6.45, 7) is 3.50. The third-order valence-corrected chi connectivity index (χ3v) is 7.66. The molecule has 34 heavy (non-hydrogen) atoms. The highest BCUT2D eigenvalue weighted by Gasteiger charge is 2.69. The molecule has 1 unspecified atom stereocenters. The lowest BCUT2D eigenvalue weighted by Crippen LogP contribution is -2.60. The number of nitrogens with one attached hydrogen (secondary N) is 1. The van der Waals surface area contributed by atoms with Crippen molar-refractivity contribution in [3.8, 4) is 5.75 Å². The summed E-state index contributed by atoms with van der Waals surface area (Å²) in [4.78, 5) is 25.7. The number of aromatic nitrogens is 2. The van der Waals surface area contributed by atoms with E-state index >= 15 is 4.39 Å². The maximum atomic E-state index is 16.3. The first kappa shape index (κ1) is 25.0. The number of aliphatic hydroxyl groups is 2. The minimum Gasteiger partial charge on any atom is -0.403 e. The van der Waals surface area contributed by atoms with Crippen LogP contribution in [0.25, 0.3) is 0 Å². The smallest absolute Gasteiger partial charge is 0.403 e. The van der Waals surface area contributed by atoms with E-state index in [9.17, 15) is 24.4 Å². The number of alkyl halides is 1. The summed E-state index contributed by atoms with van der Waals surface area (Å²) in [5.74, 6) is -2.91. The fourth-order valence-electron chi connectivity index (χ4n) is 4.31. The van der Waals surface area contributed by atoms with Gasteiger partial charge in [0.15, 0.2) is 7.85 Å². The van der Waals surface area contributed by atoms with Gasteiger partial charge in [0.25, 0.3) is 11.4 Å². The second-order valence-electron chi connectivity index (χ2n) is 9.16. The van der Waals surface area contributed by atoms with Gasteiger partial charge in [-0.3, -0.25) is 23.4 Å². The van der Waals surface area contributed by atoms with E-state index in [-0.39, 0.29) is 12.4 Å². The van der Waals surface area contributed by atoms with Gasteiger partial charge in [0.05, 0.1) is 12.0 Å². The molecule has 4 rings (SSSR count). The van der Waals surface area contributed by atoms with Crippen molar-refractivity contribution in [2.24, 2.45) is 0 Å². The van der Waals surface area contributed by atoms with E-state index in [4.69, 9.17) is 18.3 Å². The van der Waals surface area contributed by atoms with Gasteiger partial charge in [-0.1, -0.05) is 17.7 Å². The van der Waals surface area contributed by atoms with Crippen LogP contribution in [0.5, 0.6) is 5.75 Å². The molecule has 0 saturated carbocycles. The molecule has 11 nitrogen and oxygen atoms in total. The van der Waals surface area contributed by atoms with Crippen molar-refractivity contribution in [2.75, 3.05) is 0 Å². The van der Waals surface area contributed by atoms with E-state index < -0.39 is 48.2 Å². The van der Waals surface area contributed by atoms with Gasteiger partial charge in [0.2, 0.25) is 0 Å². The van der Waals surface area contributed by atoms with Crippen molar-refractivity contribution in [1.82, 2.24) is 9.55 Å². The molecule has 3 N–H and O–H groups in total. The fraction of sp³-hybridized carbons (Fsp3) is 0.444. The summed E-state index contributed by atoms with van der Waals surface area (Å²) in [7, 11) is -0.994. The Bertz CT molecular complexity index is 1320. The molecule has 3 heterocycles. The van der Waals surface area contributed by atoms with Crippen molar-refractivity contribution in [2.45, 2.75) is 49.5 Å². The minimum absolute atomic E-state index is 0.124. The monoisotopic (exact) mass is 494 g/mol. The Morgan fingerprint density at radius 2 is 1.97 bits per heavy atom. The van der Waals surface area contributed by atoms with Crippen LogP contribution >= 0.6 is 7.82 Å². The van der Waals surface area contributed by atoms with E-state index in [1.54, 1.807) is 13.0 Å². The zero-order chi connectivity index (χ0) is 25.3. The number of halogens is 1. The molecule has 1 aromatic carbocycles. The highest BCUT2D eigenvalue weighted by Crippen LogP contribution is 2.59. The highest BCUT2D eigenvalue weighted by atomic mass is 31.2. The van der Waals surface area contributed by atoms with E-state index in [0.29, 0.717) is 11.1 Å². The van der Waals surface area contributed by atoms with Gasteiger partial charge in [-0.25, -0.2) is 13.8 Å². The number of aromatic amines is 1. The quantitative estimate of drug-likeness (QED) is 0.309. The Balaban J connectivity index is 1.67. The molecule has 2 aliphatic rings. The standard InChI is InChI=1S/C18H23B3FN2O9P/c1-8-5-9(2)12-10(6-8)7-30-34(29,31-12)33-18(20,21)16(22)13(26)14(27)17(19,32-16)24-4-3-11(25)23-15(24)28/h3-6,13-14,26-27H,7,19-21H2,1-2H3,(H,23,25,28)/t13-,14+,16-,17-,34?/m0/s1. The SMILES string of the molecule is BC(B)(OP1(=O)OCc2cc(C)cc(C)c2O1)[C@@]1(F)O[C@@](B)(n2ccc(=O)[nH]c2=O)[C@H](O)[C@@H]1O. The first-order chi connectivity index (χ1) is 15.6. The Hall–Kier alpha value is -2.15. The topological polar surface area (TPSA) is 149 Å². The minimum atomic E-state index is -4.41. The zero-order valence-electron chi connectivity index (χ0n) is 19.2. The maximum Gasteiger partial charge on any atom is 0.529 e. The van der Waals surface area contributed by atoms with Crippen LogP contribution in [0.1, 0.15) is 16.7 Å². The highest BCUT2D eigenvalue weighted by molar-refractivity contribution is 7.49. The van der Waals surface area contributed by atoms with Crippen molar-refractivity contribution >= 4 is 31.4 Å². The zero-order valence-corrected chi connectivity index (χ0v) is 20.1. The van der Waals surface area contributed by atoms with Crippen LogP contribution in [-0.2, 0) is 30.6 Å². The van der Waals surface area contributed by atoms with Gasteiger partial charge in [-0.05, 0) is 19.4 Å². The summed E-state index contributed by atoms with van der Waals surface area (Å²) in [5.41, 5.74) is -1.62. The Morgan fingerprint density at radius 3 is 2.62 bits per heavy atom. The van der Waals surface area contributed by atoms with Crippen LogP contribution in [0, 0.1) is 13.8 Å². The lowest BCUT2D eigenvalue weighted by atomic mass is 9.59. The molecule has 1 fully saturated rings. The molecule has 180 valence electrons. The molecule has 0 bridgehead atoms. The Morgan fingerprint density at radius 1 is 1.29 bits per heavy atom. The van der Waals surface area contributed by atoms with E-state index in [1.807, 2.05) is 18.0 Å². The van der Waals surface area contributed by atoms with Crippen LogP contribution < -0.4 is 15.8 Å². The van der Waals surface area contributed by atoms with Crippen molar-refractivity contribution < 1.29 is 37.5 Å². The summed E-state index contributed by atoms with van der Waals surface area (Å²) < 4.78 is 52.1. The number of fused-ring (bicyclic) bond motifs is 1. The number of ether oxygens (including phenoxy) is 1. The number of hydrogen-bond donors (Lipinski definition) is 3. The van der Waals surface area contributed by atoms with Crippen molar-refractivity contribution in [3.63, 3.8) is 0 Å². The van der Waals surface area contributed by atoms with E-state index in [2.05, 4.69) is 0 Å². The average Bonchev–Trinajstić information content (AvgIpc) is 2.90. The predicted octanol–water partition coefficient (Wildman–Crippen LogP) is -2.53. The lowest BCUT2D eigenvalue weighted by Gasteiger charge is -2.41. The first-order valence-corrected chi connectivity index (χ1v) is 11.9. The number of aryl methyl sites for hydroxylation is 2. The molecule has 0 spiro atoms. The molecule has 5 atom stereocenters. The molecular formula is C18H23B3FN2O9P. The molecule has 2 aromatic rings. The molecule has 0 amide bonds. The molecule has 1 saturated heterocycles. The first-order valence-electron chi connectivity index (χ1n) is 10.4. The third-order valence-electron chi connectivity index (χ3n) is 6.12. The van der Waals surface area contributed by atoms with Crippen molar-refractivity contribution in [3.05, 3.63) is 61.9 Å². The van der Waals surface area contributed by atoms with Gasteiger partial charge >= 0.3 is 13.5 Å². The normalized spacial score (nSPS) is 33.3. The summed E-state index contributed by atoms with van der Waals surface area (Å²) in [6, 6.07) is 4.57. The molecule has 0 aliphatic carbocycles. The van der Waals surface area contributed by atoms with Crippen LogP contribution in [0.4, 0.5) is 4.39 Å². The van der Waals surface area contributed by atoms with Crippen LogP contribution in [0.2, 0.25) is 0 Å². The molecule has 2 aliphatic heterocycles. The number of rotatable bonds is 4. The van der Waals surface area contributed by atoms with E-state index in [1.165, 1.54) is 0 Å². The Kier molecular flexibility index (Phi) is 5.83. The maximum absolute atomic E-state index is 16.3. The van der Waals surface area contributed by atoms with E-state index in [0.717, 1.165) is 45.9 Å². The largest absolute Gasteiger partial charge is 0.529 e. The summed E-state index contributed by atoms with van der Waals surface area (Å²) in [6.07, 6.45) is -3.24. The van der Waals surface area contributed by atoms with Gasteiger partial charge in [-0.2, -0.15) is 0 Å². The average molecular weight is 494 g/mol. The molecule has 0 radical (unpaired) electrons. The van der Waals surface area contributed by atoms with Gasteiger partial charge in [-0.15, -0.1) is 0 Å². The molecular weight excluding hydrogens is 471 g/mol. The third kappa shape index (κ3) is 3.80.